The lowest BCUT2D eigenvalue weighted by molar-refractivity contribution is -0.143. The molecule has 0 spiro atoms. The van der Waals surface area contributed by atoms with Crippen molar-refractivity contribution in [3.8, 4) is 17.1 Å². The van der Waals surface area contributed by atoms with E-state index in [1.54, 1.807) is 57.2 Å². The first-order chi connectivity index (χ1) is 13.3. The summed E-state index contributed by atoms with van der Waals surface area (Å²) in [5, 5.41) is 14.9. The SMILES string of the molecule is CC(C)(C)C(=O)Oc1ccc(-c2nnn(CC(=O)Nc3ccccc3)n2)cc1. The first-order valence-electron chi connectivity index (χ1n) is 8.77. The molecule has 0 unspecified atom stereocenters. The van der Waals surface area contributed by atoms with Crippen LogP contribution in [-0.2, 0) is 16.1 Å². The molecule has 8 heteroatoms. The molecule has 0 bridgehead atoms. The van der Waals surface area contributed by atoms with Crippen molar-refractivity contribution < 1.29 is 14.3 Å². The van der Waals surface area contributed by atoms with Crippen molar-refractivity contribution in [2.75, 3.05) is 5.32 Å². The van der Waals surface area contributed by atoms with Gasteiger partial charge in [-0.1, -0.05) is 18.2 Å². The zero-order chi connectivity index (χ0) is 20.1. The summed E-state index contributed by atoms with van der Waals surface area (Å²) in [5.74, 6) is 0.257. The van der Waals surface area contributed by atoms with Crippen molar-refractivity contribution in [1.29, 1.82) is 0 Å². The van der Waals surface area contributed by atoms with Gasteiger partial charge in [0.2, 0.25) is 11.7 Å². The monoisotopic (exact) mass is 379 g/mol. The minimum absolute atomic E-state index is 0.0524. The molecular formula is C20H21N5O3. The number of hydrogen-bond donors (Lipinski definition) is 1. The summed E-state index contributed by atoms with van der Waals surface area (Å²) in [7, 11) is 0. The molecule has 0 fully saturated rings. The Morgan fingerprint density at radius 2 is 1.71 bits per heavy atom. The Kier molecular flexibility index (Phi) is 5.49. The highest BCUT2D eigenvalue weighted by Crippen LogP contribution is 2.22. The largest absolute Gasteiger partial charge is 0.426 e. The van der Waals surface area contributed by atoms with E-state index < -0.39 is 5.41 Å². The third kappa shape index (κ3) is 5.00. The molecule has 0 aliphatic rings. The molecule has 0 radical (unpaired) electrons. The molecule has 0 aliphatic carbocycles. The second-order valence-corrected chi connectivity index (χ2v) is 7.22. The normalized spacial score (nSPS) is 11.1. The molecule has 2 aromatic carbocycles. The Labute approximate surface area is 162 Å². The quantitative estimate of drug-likeness (QED) is 0.540. The Bertz CT molecular complexity index is 960. The first kappa shape index (κ1) is 19.2. The number of ether oxygens (including phenoxy) is 1. The van der Waals surface area contributed by atoms with E-state index >= 15 is 0 Å². The Hall–Kier alpha value is -3.55. The summed E-state index contributed by atoms with van der Waals surface area (Å²) in [5.41, 5.74) is 0.821. The van der Waals surface area contributed by atoms with Crippen molar-refractivity contribution >= 4 is 17.6 Å². The number of anilines is 1. The van der Waals surface area contributed by atoms with Crippen LogP contribution in [0.25, 0.3) is 11.4 Å². The molecule has 1 aromatic heterocycles. The predicted octanol–water partition coefficient (Wildman–Crippen LogP) is 2.93. The van der Waals surface area contributed by atoms with Gasteiger partial charge in [-0.05, 0) is 62.4 Å². The zero-order valence-corrected chi connectivity index (χ0v) is 15.9. The summed E-state index contributed by atoms with van der Waals surface area (Å²) in [6.07, 6.45) is 0. The lowest BCUT2D eigenvalue weighted by Crippen LogP contribution is -2.25. The fourth-order valence-corrected chi connectivity index (χ4v) is 2.21. The summed E-state index contributed by atoms with van der Waals surface area (Å²) in [4.78, 5) is 25.2. The topological polar surface area (TPSA) is 99.0 Å². The number of aromatic nitrogens is 4. The maximum Gasteiger partial charge on any atom is 0.316 e. The lowest BCUT2D eigenvalue weighted by atomic mass is 9.97. The lowest BCUT2D eigenvalue weighted by Gasteiger charge is -2.16. The minimum atomic E-state index is -0.580. The molecule has 28 heavy (non-hydrogen) atoms. The smallest absolute Gasteiger partial charge is 0.316 e. The van der Waals surface area contributed by atoms with Gasteiger partial charge in [-0.15, -0.1) is 10.2 Å². The van der Waals surface area contributed by atoms with Crippen LogP contribution in [0.5, 0.6) is 5.75 Å². The number of carbonyl (C=O) groups is 2. The zero-order valence-electron chi connectivity index (χ0n) is 15.9. The van der Waals surface area contributed by atoms with E-state index in [1.807, 2.05) is 18.2 Å². The van der Waals surface area contributed by atoms with Gasteiger partial charge in [0.05, 0.1) is 5.41 Å². The van der Waals surface area contributed by atoms with Crippen LogP contribution in [0.4, 0.5) is 5.69 Å². The third-order valence-corrected chi connectivity index (χ3v) is 3.73. The van der Waals surface area contributed by atoms with Gasteiger partial charge in [0.15, 0.2) is 0 Å². The summed E-state index contributed by atoms with van der Waals surface area (Å²) < 4.78 is 5.33. The van der Waals surface area contributed by atoms with Crippen molar-refractivity contribution in [2.45, 2.75) is 27.3 Å². The highest BCUT2D eigenvalue weighted by molar-refractivity contribution is 5.90. The van der Waals surface area contributed by atoms with Gasteiger partial charge in [0.25, 0.3) is 0 Å². The molecule has 1 amide bonds. The van der Waals surface area contributed by atoms with E-state index in [-0.39, 0.29) is 18.4 Å². The standard InChI is InChI=1S/C20H21N5O3/c1-20(2,3)19(27)28-16-11-9-14(10-12-16)18-22-24-25(23-18)13-17(26)21-15-7-5-4-6-8-15/h4-12H,13H2,1-3H3,(H,21,26). The molecule has 144 valence electrons. The van der Waals surface area contributed by atoms with Crippen molar-refractivity contribution in [3.05, 3.63) is 54.6 Å². The van der Waals surface area contributed by atoms with Crippen LogP contribution in [0, 0.1) is 5.41 Å². The Morgan fingerprint density at radius 1 is 1.04 bits per heavy atom. The number of carbonyl (C=O) groups excluding carboxylic acids is 2. The van der Waals surface area contributed by atoms with E-state index in [2.05, 4.69) is 20.7 Å². The third-order valence-electron chi connectivity index (χ3n) is 3.73. The molecule has 3 aromatic rings. The Morgan fingerprint density at radius 3 is 2.36 bits per heavy atom. The van der Waals surface area contributed by atoms with Crippen molar-refractivity contribution in [2.24, 2.45) is 5.41 Å². The molecule has 1 heterocycles. The number of amides is 1. The van der Waals surface area contributed by atoms with Gasteiger partial charge in [0.1, 0.15) is 12.3 Å². The average molecular weight is 379 g/mol. The molecule has 0 atom stereocenters. The number of benzene rings is 2. The summed E-state index contributed by atoms with van der Waals surface area (Å²) in [6.45, 7) is 5.32. The van der Waals surface area contributed by atoms with Crippen LogP contribution in [0.3, 0.4) is 0 Å². The second kappa shape index (κ2) is 7.99. The van der Waals surface area contributed by atoms with Gasteiger partial charge in [-0.25, -0.2) is 0 Å². The fraction of sp³-hybridized carbons (Fsp3) is 0.250. The van der Waals surface area contributed by atoms with Gasteiger partial charge in [0, 0.05) is 11.3 Å². The van der Waals surface area contributed by atoms with E-state index in [0.29, 0.717) is 22.8 Å². The number of hydrogen-bond acceptors (Lipinski definition) is 6. The molecule has 0 aliphatic heterocycles. The number of nitrogens with one attached hydrogen (secondary N) is 1. The number of para-hydroxylation sites is 1. The van der Waals surface area contributed by atoms with E-state index in [1.165, 1.54) is 4.80 Å². The maximum atomic E-state index is 12.1. The maximum absolute atomic E-state index is 12.1. The van der Waals surface area contributed by atoms with Crippen LogP contribution in [0.1, 0.15) is 20.8 Å². The molecular weight excluding hydrogens is 358 g/mol. The average Bonchev–Trinajstić information content (AvgIpc) is 3.10. The summed E-state index contributed by atoms with van der Waals surface area (Å²) >= 11 is 0. The van der Waals surface area contributed by atoms with Crippen LogP contribution < -0.4 is 10.1 Å². The van der Waals surface area contributed by atoms with Gasteiger partial charge in [-0.2, -0.15) is 4.80 Å². The first-order valence-corrected chi connectivity index (χ1v) is 8.77. The van der Waals surface area contributed by atoms with Crippen molar-refractivity contribution in [3.63, 3.8) is 0 Å². The predicted molar refractivity (Wildman–Crippen MR) is 103 cm³/mol. The molecule has 3 rings (SSSR count). The van der Waals surface area contributed by atoms with E-state index in [4.69, 9.17) is 4.74 Å². The number of nitrogens with zero attached hydrogens (tertiary/aromatic N) is 4. The van der Waals surface area contributed by atoms with Gasteiger partial charge < -0.3 is 10.1 Å². The van der Waals surface area contributed by atoms with Crippen LogP contribution >= 0.6 is 0 Å². The second-order valence-electron chi connectivity index (χ2n) is 7.22. The van der Waals surface area contributed by atoms with Crippen LogP contribution in [0.15, 0.2) is 54.6 Å². The molecule has 0 saturated carbocycles. The highest BCUT2D eigenvalue weighted by Gasteiger charge is 2.23. The van der Waals surface area contributed by atoms with Gasteiger partial charge in [-0.3, -0.25) is 9.59 Å². The number of rotatable bonds is 5. The fourth-order valence-electron chi connectivity index (χ4n) is 2.21. The van der Waals surface area contributed by atoms with Crippen LogP contribution in [0.2, 0.25) is 0 Å². The minimum Gasteiger partial charge on any atom is -0.426 e. The molecule has 8 nitrogen and oxygen atoms in total. The number of esters is 1. The number of tetrazole rings is 1. The van der Waals surface area contributed by atoms with Crippen LogP contribution in [-0.4, -0.2) is 32.1 Å². The van der Waals surface area contributed by atoms with Crippen molar-refractivity contribution in [1.82, 2.24) is 20.2 Å². The van der Waals surface area contributed by atoms with E-state index in [9.17, 15) is 9.59 Å². The summed E-state index contributed by atoms with van der Waals surface area (Å²) in [6, 6.07) is 15.9. The molecule has 1 N–H and O–H groups in total. The highest BCUT2D eigenvalue weighted by atomic mass is 16.5. The van der Waals surface area contributed by atoms with E-state index in [0.717, 1.165) is 0 Å². The molecule has 0 saturated heterocycles. The Balaban J connectivity index is 1.62. The van der Waals surface area contributed by atoms with Gasteiger partial charge >= 0.3 is 5.97 Å².